The summed E-state index contributed by atoms with van der Waals surface area (Å²) in [6, 6.07) is 58.2. The molecule has 1 aliphatic heterocycles. The maximum Gasteiger partial charge on any atom is 0.160 e. The van der Waals surface area contributed by atoms with Crippen molar-refractivity contribution in [1.29, 1.82) is 5.41 Å². The summed E-state index contributed by atoms with van der Waals surface area (Å²) in [5.74, 6) is 0.700. The lowest BCUT2D eigenvalue weighted by molar-refractivity contribution is 1.18. The Hall–Kier alpha value is -6.65. The summed E-state index contributed by atoms with van der Waals surface area (Å²) < 4.78 is 0. The first-order valence-electron chi connectivity index (χ1n) is 16.8. The molecule has 1 aromatic heterocycles. The molecule has 0 saturated carbocycles. The molecule has 50 heavy (non-hydrogen) atoms. The zero-order valence-corrected chi connectivity index (χ0v) is 27.6. The Morgan fingerprint density at radius 1 is 0.500 bits per heavy atom. The van der Waals surface area contributed by atoms with Gasteiger partial charge >= 0.3 is 0 Å². The van der Waals surface area contributed by atoms with Crippen molar-refractivity contribution < 1.29 is 0 Å². The highest BCUT2D eigenvalue weighted by Crippen LogP contribution is 2.38. The molecule has 0 atom stereocenters. The lowest BCUT2D eigenvalue weighted by Gasteiger charge is -2.26. The lowest BCUT2D eigenvalue weighted by atomic mass is 9.88. The average molecular weight is 643 g/mol. The van der Waals surface area contributed by atoms with Gasteiger partial charge in [-0.3, -0.25) is 0 Å². The van der Waals surface area contributed by atoms with E-state index < -0.39 is 0 Å². The van der Waals surface area contributed by atoms with Crippen molar-refractivity contribution in [2.24, 2.45) is 0 Å². The van der Waals surface area contributed by atoms with Crippen molar-refractivity contribution >= 4 is 28.8 Å². The molecule has 1 aliphatic rings. The summed E-state index contributed by atoms with van der Waals surface area (Å²) in [7, 11) is 0. The fourth-order valence-corrected chi connectivity index (χ4v) is 6.50. The van der Waals surface area contributed by atoms with Gasteiger partial charge < -0.3 is 10.7 Å². The van der Waals surface area contributed by atoms with E-state index in [-0.39, 0.29) is 0 Å². The highest BCUT2D eigenvalue weighted by atomic mass is 14.9. The van der Waals surface area contributed by atoms with E-state index in [2.05, 4.69) is 108 Å². The summed E-state index contributed by atoms with van der Waals surface area (Å²) in [4.78, 5) is 9.96. The van der Waals surface area contributed by atoms with E-state index in [1.54, 1.807) is 0 Å². The SMILES string of the molecule is CC(=N)/C(=C1\NC(c2ccccc2)=Cc2ccc(-c3ccc(-c4cc(-c5ccccc5)nc(-c5ccccc5)n4)cc3)cc21)c1ccccc1. The van der Waals surface area contributed by atoms with Crippen LogP contribution in [-0.4, -0.2) is 15.7 Å². The van der Waals surface area contributed by atoms with Gasteiger partial charge in [-0.05, 0) is 52.9 Å². The van der Waals surface area contributed by atoms with Crippen LogP contribution in [0.1, 0.15) is 29.2 Å². The molecule has 2 heterocycles. The molecule has 2 N–H and O–H groups in total. The fourth-order valence-electron chi connectivity index (χ4n) is 6.50. The Morgan fingerprint density at radius 2 is 1.00 bits per heavy atom. The molecule has 238 valence electrons. The van der Waals surface area contributed by atoms with E-state index >= 15 is 0 Å². The number of hydrogen-bond acceptors (Lipinski definition) is 4. The molecule has 8 rings (SSSR count). The van der Waals surface area contributed by atoms with Gasteiger partial charge in [-0.2, -0.15) is 0 Å². The number of benzene rings is 6. The molecule has 0 bridgehead atoms. The molecule has 0 spiro atoms. The molecule has 0 fully saturated rings. The summed E-state index contributed by atoms with van der Waals surface area (Å²) in [5, 5.41) is 12.6. The Labute approximate surface area is 292 Å². The third-order valence-electron chi connectivity index (χ3n) is 9.00. The minimum atomic E-state index is 0.503. The van der Waals surface area contributed by atoms with E-state index in [4.69, 9.17) is 15.4 Å². The fraction of sp³-hybridized carbons (Fsp3) is 0.0217. The van der Waals surface area contributed by atoms with E-state index in [0.29, 0.717) is 11.5 Å². The first-order valence-corrected chi connectivity index (χ1v) is 16.8. The zero-order chi connectivity index (χ0) is 33.9. The smallest absolute Gasteiger partial charge is 0.160 e. The van der Waals surface area contributed by atoms with E-state index in [9.17, 15) is 0 Å². The minimum absolute atomic E-state index is 0.503. The van der Waals surface area contributed by atoms with Crippen LogP contribution in [0.2, 0.25) is 0 Å². The largest absolute Gasteiger partial charge is 0.354 e. The van der Waals surface area contributed by atoms with Crippen molar-refractivity contribution in [3.05, 3.63) is 192 Å². The van der Waals surface area contributed by atoms with Crippen LogP contribution in [-0.2, 0) is 0 Å². The third kappa shape index (κ3) is 6.18. The van der Waals surface area contributed by atoms with Gasteiger partial charge in [0.05, 0.1) is 17.1 Å². The van der Waals surface area contributed by atoms with E-state index in [1.165, 1.54) is 0 Å². The molecule has 0 amide bonds. The van der Waals surface area contributed by atoms with Crippen LogP contribution in [0.5, 0.6) is 0 Å². The second kappa shape index (κ2) is 13.5. The number of nitrogens with one attached hydrogen (secondary N) is 2. The van der Waals surface area contributed by atoms with Crippen LogP contribution in [0.3, 0.4) is 0 Å². The van der Waals surface area contributed by atoms with E-state index in [1.807, 2.05) is 79.7 Å². The molecular formula is C46H34N4. The number of allylic oxidation sites excluding steroid dienone is 1. The Balaban J connectivity index is 1.21. The maximum atomic E-state index is 8.87. The Bertz CT molecular complexity index is 2320. The molecular weight excluding hydrogens is 609 g/mol. The van der Waals surface area contributed by atoms with Crippen LogP contribution in [0, 0.1) is 5.41 Å². The van der Waals surface area contributed by atoms with Gasteiger partial charge in [-0.1, -0.05) is 158 Å². The van der Waals surface area contributed by atoms with Crippen molar-refractivity contribution in [3.8, 4) is 45.0 Å². The molecule has 0 saturated heterocycles. The van der Waals surface area contributed by atoms with E-state index in [0.717, 1.165) is 78.4 Å². The first kappa shape index (κ1) is 30.7. The van der Waals surface area contributed by atoms with Gasteiger partial charge in [0.25, 0.3) is 0 Å². The number of aromatic nitrogens is 2. The quantitative estimate of drug-likeness (QED) is 0.170. The second-order valence-electron chi connectivity index (χ2n) is 12.4. The van der Waals surface area contributed by atoms with Crippen LogP contribution in [0.15, 0.2) is 170 Å². The van der Waals surface area contributed by atoms with Crippen LogP contribution < -0.4 is 5.32 Å². The van der Waals surface area contributed by atoms with Gasteiger partial charge in [0.2, 0.25) is 0 Å². The highest BCUT2D eigenvalue weighted by Gasteiger charge is 2.22. The van der Waals surface area contributed by atoms with Gasteiger partial charge in [0.15, 0.2) is 5.82 Å². The van der Waals surface area contributed by atoms with Crippen molar-refractivity contribution in [3.63, 3.8) is 0 Å². The van der Waals surface area contributed by atoms with Crippen molar-refractivity contribution in [2.45, 2.75) is 6.92 Å². The average Bonchev–Trinajstić information content (AvgIpc) is 3.19. The Morgan fingerprint density at radius 3 is 1.60 bits per heavy atom. The van der Waals surface area contributed by atoms with Crippen molar-refractivity contribution in [1.82, 2.24) is 15.3 Å². The third-order valence-corrected chi connectivity index (χ3v) is 9.00. The zero-order valence-electron chi connectivity index (χ0n) is 27.6. The predicted octanol–water partition coefficient (Wildman–Crippen LogP) is 11.2. The molecule has 0 unspecified atom stereocenters. The topological polar surface area (TPSA) is 61.7 Å². The second-order valence-corrected chi connectivity index (χ2v) is 12.4. The molecule has 4 heteroatoms. The summed E-state index contributed by atoms with van der Waals surface area (Å²) in [5.41, 5.74) is 14.6. The van der Waals surface area contributed by atoms with Crippen LogP contribution in [0.25, 0.3) is 68.1 Å². The monoisotopic (exact) mass is 642 g/mol. The maximum absolute atomic E-state index is 8.87. The Kier molecular flexibility index (Phi) is 8.26. The molecule has 6 aromatic carbocycles. The van der Waals surface area contributed by atoms with Gasteiger partial charge in [0.1, 0.15) is 0 Å². The standard InChI is InChI=1S/C46H34N4/c1-31(47)44(36-18-10-4-11-19-36)45-40-28-38(26-27-39(40)29-41(48-45)33-14-6-2-7-15-33)32-22-24-35(25-23-32)43-30-42(34-16-8-3-9-17-34)49-46(50-43)37-20-12-5-13-21-37/h2-30,47-48H,1H3/b45-44+,47-31?. The first-order chi connectivity index (χ1) is 24.6. The number of fused-ring (bicyclic) bond motifs is 1. The summed E-state index contributed by atoms with van der Waals surface area (Å²) in [6.07, 6.45) is 2.20. The summed E-state index contributed by atoms with van der Waals surface area (Å²) in [6.45, 7) is 1.86. The van der Waals surface area contributed by atoms with Gasteiger partial charge in [-0.25, -0.2) is 9.97 Å². The number of hydrogen-bond donors (Lipinski definition) is 2. The van der Waals surface area contributed by atoms with Gasteiger partial charge in [-0.15, -0.1) is 0 Å². The number of nitrogens with zero attached hydrogens (tertiary/aromatic N) is 2. The molecule has 7 aromatic rings. The molecule has 0 radical (unpaired) electrons. The number of rotatable bonds is 7. The minimum Gasteiger partial charge on any atom is -0.354 e. The lowest BCUT2D eigenvalue weighted by Crippen LogP contribution is -2.19. The highest BCUT2D eigenvalue weighted by molar-refractivity contribution is 6.29. The van der Waals surface area contributed by atoms with Gasteiger partial charge in [0, 0.05) is 39.2 Å². The molecule has 4 nitrogen and oxygen atoms in total. The summed E-state index contributed by atoms with van der Waals surface area (Å²) >= 11 is 0. The normalized spacial score (nSPS) is 13.1. The predicted molar refractivity (Wildman–Crippen MR) is 208 cm³/mol. The van der Waals surface area contributed by atoms with Crippen LogP contribution >= 0.6 is 0 Å². The van der Waals surface area contributed by atoms with Crippen molar-refractivity contribution in [2.75, 3.05) is 0 Å². The molecule has 0 aliphatic carbocycles. The van der Waals surface area contributed by atoms with Crippen LogP contribution in [0.4, 0.5) is 0 Å².